The van der Waals surface area contributed by atoms with Crippen LogP contribution in [0.3, 0.4) is 0 Å². The third-order valence-electron chi connectivity index (χ3n) is 1.15. The standard InChI is InChI=1S/C6H10N3.BrH/c1-3-8-5-7-9(4-2)6-8;/h4-6H,2-3H2,1H3;1H/q+1;/p-1. The van der Waals surface area contributed by atoms with Crippen LogP contribution >= 0.6 is 0 Å². The van der Waals surface area contributed by atoms with Crippen molar-refractivity contribution in [2.24, 2.45) is 0 Å². The average Bonchev–Trinajstić information content (AvgIpc) is 2.34. The van der Waals surface area contributed by atoms with Crippen molar-refractivity contribution in [2.75, 3.05) is 0 Å². The predicted molar refractivity (Wildman–Crippen MR) is 34.5 cm³/mol. The van der Waals surface area contributed by atoms with Gasteiger partial charge in [0.05, 0.1) is 12.7 Å². The van der Waals surface area contributed by atoms with Crippen LogP contribution in [0, 0.1) is 0 Å². The summed E-state index contributed by atoms with van der Waals surface area (Å²) < 4.78 is 3.64. The molecule has 10 heavy (non-hydrogen) atoms. The summed E-state index contributed by atoms with van der Waals surface area (Å²) in [6.07, 6.45) is 5.31. The highest BCUT2D eigenvalue weighted by atomic mass is 79.9. The molecule has 0 bridgehead atoms. The van der Waals surface area contributed by atoms with Crippen molar-refractivity contribution in [3.63, 3.8) is 0 Å². The lowest BCUT2D eigenvalue weighted by Gasteiger charge is -1.80. The zero-order chi connectivity index (χ0) is 6.69. The lowest BCUT2D eigenvalue weighted by atomic mass is 10.7. The molecule has 0 aromatic carbocycles. The molecular weight excluding hydrogens is 194 g/mol. The largest absolute Gasteiger partial charge is 1.00 e. The van der Waals surface area contributed by atoms with Crippen molar-refractivity contribution in [1.29, 1.82) is 0 Å². The van der Waals surface area contributed by atoms with Crippen LogP contribution in [-0.2, 0) is 6.54 Å². The molecule has 4 heteroatoms. The maximum absolute atomic E-state index is 3.97. The fourth-order valence-corrected chi connectivity index (χ4v) is 0.595. The van der Waals surface area contributed by atoms with Gasteiger partial charge in [0.15, 0.2) is 0 Å². The van der Waals surface area contributed by atoms with Crippen molar-refractivity contribution >= 4 is 6.20 Å². The first-order valence-corrected chi connectivity index (χ1v) is 2.92. The zero-order valence-corrected chi connectivity index (χ0v) is 7.45. The van der Waals surface area contributed by atoms with Crippen LogP contribution in [-0.4, -0.2) is 9.78 Å². The van der Waals surface area contributed by atoms with E-state index in [4.69, 9.17) is 0 Å². The summed E-state index contributed by atoms with van der Waals surface area (Å²) in [6.45, 7) is 6.58. The Morgan fingerprint density at radius 3 is 2.80 bits per heavy atom. The molecule has 0 saturated carbocycles. The van der Waals surface area contributed by atoms with Crippen molar-refractivity contribution in [1.82, 2.24) is 9.78 Å². The van der Waals surface area contributed by atoms with Gasteiger partial charge in [-0.15, -0.1) is 0 Å². The van der Waals surface area contributed by atoms with Crippen LogP contribution < -0.4 is 21.5 Å². The Morgan fingerprint density at radius 1 is 1.80 bits per heavy atom. The SMILES string of the molecule is C=Cn1c[n+](CC)cn1.[Br-]. The Hall–Kier alpha value is -0.640. The quantitative estimate of drug-likeness (QED) is 0.480. The number of hydrogen-bond acceptors (Lipinski definition) is 1. The summed E-state index contributed by atoms with van der Waals surface area (Å²) >= 11 is 0. The third kappa shape index (κ3) is 1.95. The second-order valence-corrected chi connectivity index (χ2v) is 1.74. The lowest BCUT2D eigenvalue weighted by molar-refractivity contribution is -0.694. The van der Waals surface area contributed by atoms with Crippen molar-refractivity contribution in [3.8, 4) is 0 Å². The molecule has 0 N–H and O–H groups in total. The van der Waals surface area contributed by atoms with E-state index in [1.54, 1.807) is 17.2 Å². The smallest absolute Gasteiger partial charge is 0.265 e. The van der Waals surface area contributed by atoms with E-state index >= 15 is 0 Å². The van der Waals surface area contributed by atoms with Crippen LogP contribution in [0.25, 0.3) is 6.20 Å². The Morgan fingerprint density at radius 2 is 2.50 bits per heavy atom. The number of hydrogen-bond donors (Lipinski definition) is 0. The van der Waals surface area contributed by atoms with Gasteiger partial charge in [0, 0.05) is 5.10 Å². The minimum absolute atomic E-state index is 0. The van der Waals surface area contributed by atoms with Gasteiger partial charge in [-0.3, -0.25) is 0 Å². The summed E-state index contributed by atoms with van der Waals surface area (Å²) in [5.74, 6) is 0. The van der Waals surface area contributed by atoms with E-state index in [0.717, 1.165) is 6.54 Å². The first-order valence-electron chi connectivity index (χ1n) is 2.92. The second-order valence-electron chi connectivity index (χ2n) is 1.74. The number of rotatable bonds is 2. The molecule has 0 atom stereocenters. The molecule has 3 nitrogen and oxygen atoms in total. The summed E-state index contributed by atoms with van der Waals surface area (Å²) in [7, 11) is 0. The van der Waals surface area contributed by atoms with E-state index in [-0.39, 0.29) is 17.0 Å². The van der Waals surface area contributed by atoms with E-state index in [0.29, 0.717) is 0 Å². The minimum atomic E-state index is 0. The molecule has 1 aromatic heterocycles. The molecule has 0 amide bonds. The molecule has 0 saturated heterocycles. The highest BCUT2D eigenvalue weighted by Gasteiger charge is 1.96. The summed E-state index contributed by atoms with van der Waals surface area (Å²) in [6, 6.07) is 0. The molecule has 0 fully saturated rings. The zero-order valence-electron chi connectivity index (χ0n) is 5.87. The minimum Gasteiger partial charge on any atom is -1.00 e. The fourth-order valence-electron chi connectivity index (χ4n) is 0.595. The summed E-state index contributed by atoms with van der Waals surface area (Å²) in [5.41, 5.74) is 0. The Labute approximate surface area is 70.8 Å². The van der Waals surface area contributed by atoms with Gasteiger partial charge in [-0.2, -0.15) is 0 Å². The second kappa shape index (κ2) is 4.22. The molecule has 0 unspecified atom stereocenters. The van der Waals surface area contributed by atoms with Crippen LogP contribution in [0.1, 0.15) is 6.92 Å². The van der Waals surface area contributed by atoms with Crippen LogP contribution in [0.2, 0.25) is 0 Å². The van der Waals surface area contributed by atoms with E-state index in [1.165, 1.54) is 0 Å². The normalized spacial score (nSPS) is 8.50. The third-order valence-corrected chi connectivity index (χ3v) is 1.15. The Kier molecular flexibility index (Phi) is 3.95. The van der Waals surface area contributed by atoms with Gasteiger partial charge in [-0.1, -0.05) is 11.3 Å². The molecular formula is C6H10BrN3. The van der Waals surface area contributed by atoms with Gasteiger partial charge in [-0.25, -0.2) is 4.57 Å². The van der Waals surface area contributed by atoms with Gasteiger partial charge in [-0.05, 0) is 6.92 Å². The highest BCUT2D eigenvalue weighted by Crippen LogP contribution is 1.75. The number of aromatic nitrogens is 3. The molecule has 0 radical (unpaired) electrons. The van der Waals surface area contributed by atoms with Crippen molar-refractivity contribution in [3.05, 3.63) is 19.2 Å². The predicted octanol–water partition coefficient (Wildman–Crippen LogP) is -2.70. The fraction of sp³-hybridized carbons (Fsp3) is 0.333. The monoisotopic (exact) mass is 203 g/mol. The molecule has 0 aliphatic rings. The Balaban J connectivity index is 0.000000810. The van der Waals surface area contributed by atoms with E-state index < -0.39 is 0 Å². The van der Waals surface area contributed by atoms with E-state index in [9.17, 15) is 0 Å². The molecule has 0 aliphatic heterocycles. The maximum Gasteiger partial charge on any atom is 0.265 e. The number of halogens is 1. The number of aryl methyl sites for hydroxylation is 1. The molecule has 0 spiro atoms. The Bertz CT molecular complexity index is 207. The van der Waals surface area contributed by atoms with Gasteiger partial charge in [0.25, 0.3) is 6.33 Å². The topological polar surface area (TPSA) is 21.7 Å². The molecule has 56 valence electrons. The van der Waals surface area contributed by atoms with Gasteiger partial charge < -0.3 is 17.0 Å². The summed E-state index contributed by atoms with van der Waals surface area (Å²) in [5, 5.41) is 3.97. The first kappa shape index (κ1) is 9.36. The van der Waals surface area contributed by atoms with E-state index in [2.05, 4.69) is 18.6 Å². The van der Waals surface area contributed by atoms with Crippen LogP contribution in [0.4, 0.5) is 0 Å². The van der Waals surface area contributed by atoms with Gasteiger partial charge >= 0.3 is 0 Å². The molecule has 0 aliphatic carbocycles. The molecule has 1 aromatic rings. The highest BCUT2D eigenvalue weighted by molar-refractivity contribution is 5.09. The average molecular weight is 204 g/mol. The summed E-state index contributed by atoms with van der Waals surface area (Å²) in [4.78, 5) is 0. The maximum atomic E-state index is 3.97. The van der Waals surface area contributed by atoms with Crippen molar-refractivity contribution in [2.45, 2.75) is 13.5 Å². The van der Waals surface area contributed by atoms with Crippen LogP contribution in [0.5, 0.6) is 0 Å². The lowest BCUT2D eigenvalue weighted by Crippen LogP contribution is -3.00. The van der Waals surface area contributed by atoms with E-state index in [1.807, 2.05) is 10.9 Å². The van der Waals surface area contributed by atoms with Gasteiger partial charge in [0.1, 0.15) is 0 Å². The molecule has 1 rings (SSSR count). The molecule has 1 heterocycles. The first-order chi connectivity index (χ1) is 4.36. The van der Waals surface area contributed by atoms with Crippen LogP contribution in [0.15, 0.2) is 19.2 Å². The number of nitrogens with zero attached hydrogens (tertiary/aromatic N) is 3. The van der Waals surface area contributed by atoms with Gasteiger partial charge in [0.2, 0.25) is 6.33 Å². The van der Waals surface area contributed by atoms with Crippen molar-refractivity contribution < 1.29 is 21.5 Å².